The van der Waals surface area contributed by atoms with Crippen LogP contribution < -0.4 is 0 Å². The molecule has 0 aromatic heterocycles. The Bertz CT molecular complexity index is 385. The monoisotopic (exact) mass is 334 g/mol. The Kier molecular flexibility index (Phi) is 3.67. The van der Waals surface area contributed by atoms with E-state index in [1.54, 1.807) is 6.07 Å². The molecule has 0 atom stereocenters. The molecule has 1 aliphatic carbocycles. The highest BCUT2D eigenvalue weighted by molar-refractivity contribution is 14.1. The lowest BCUT2D eigenvalue weighted by Gasteiger charge is -2.02. The van der Waals surface area contributed by atoms with E-state index < -0.39 is 0 Å². The molecule has 15 heavy (non-hydrogen) atoms. The van der Waals surface area contributed by atoms with Crippen LogP contribution >= 0.6 is 34.2 Å². The largest absolute Gasteiger partial charge is 0.294 e. The van der Waals surface area contributed by atoms with E-state index in [-0.39, 0.29) is 5.78 Å². The van der Waals surface area contributed by atoms with E-state index in [0.717, 1.165) is 21.5 Å². The molecule has 1 aliphatic rings. The van der Waals surface area contributed by atoms with Crippen molar-refractivity contribution in [2.45, 2.75) is 25.7 Å². The Hall–Kier alpha value is -0.0900. The van der Waals surface area contributed by atoms with E-state index in [2.05, 4.69) is 22.6 Å². The minimum absolute atomic E-state index is 0.222. The number of rotatable bonds is 4. The number of benzene rings is 1. The summed E-state index contributed by atoms with van der Waals surface area (Å²) in [6.45, 7) is 0. The standard InChI is InChI=1S/C12H12ClIO/c13-10-7-9(4-5-11(10)14)12(15)6-3-8-1-2-8/h4-5,7-8H,1-3,6H2. The first-order chi connectivity index (χ1) is 7.16. The molecule has 0 spiro atoms. The molecular formula is C12H12ClIO. The second kappa shape index (κ2) is 4.83. The van der Waals surface area contributed by atoms with Gasteiger partial charge in [-0.2, -0.15) is 0 Å². The van der Waals surface area contributed by atoms with Crippen LogP contribution in [-0.4, -0.2) is 5.78 Å². The molecule has 0 unspecified atom stereocenters. The first kappa shape index (κ1) is 11.4. The predicted octanol–water partition coefficient (Wildman–Crippen LogP) is 4.32. The average Bonchev–Trinajstić information content (AvgIpc) is 3.02. The van der Waals surface area contributed by atoms with Crippen LogP contribution in [0.2, 0.25) is 5.02 Å². The van der Waals surface area contributed by atoms with Crippen LogP contribution in [0.1, 0.15) is 36.0 Å². The number of hydrogen-bond donors (Lipinski definition) is 0. The van der Waals surface area contributed by atoms with Gasteiger partial charge >= 0.3 is 0 Å². The predicted molar refractivity (Wildman–Crippen MR) is 70.5 cm³/mol. The van der Waals surface area contributed by atoms with E-state index in [0.29, 0.717) is 11.4 Å². The molecule has 80 valence electrons. The first-order valence-electron chi connectivity index (χ1n) is 5.15. The Morgan fingerprint density at radius 1 is 1.47 bits per heavy atom. The van der Waals surface area contributed by atoms with Gasteiger partial charge in [0, 0.05) is 15.6 Å². The quantitative estimate of drug-likeness (QED) is 0.592. The van der Waals surface area contributed by atoms with Crippen LogP contribution in [-0.2, 0) is 0 Å². The van der Waals surface area contributed by atoms with Gasteiger partial charge in [-0.3, -0.25) is 4.79 Å². The van der Waals surface area contributed by atoms with Crippen molar-refractivity contribution < 1.29 is 4.79 Å². The minimum Gasteiger partial charge on any atom is -0.294 e. The molecule has 1 fully saturated rings. The zero-order valence-corrected chi connectivity index (χ0v) is 11.2. The molecule has 1 aromatic carbocycles. The second-order valence-electron chi connectivity index (χ2n) is 4.03. The maximum absolute atomic E-state index is 11.8. The van der Waals surface area contributed by atoms with Crippen molar-refractivity contribution in [2.75, 3.05) is 0 Å². The van der Waals surface area contributed by atoms with E-state index in [1.165, 1.54) is 12.8 Å². The maximum Gasteiger partial charge on any atom is 0.162 e. The molecule has 0 N–H and O–H groups in total. The highest BCUT2D eigenvalue weighted by Gasteiger charge is 2.22. The number of carbonyl (C=O) groups excluding carboxylic acids is 1. The van der Waals surface area contributed by atoms with Crippen LogP contribution in [0.25, 0.3) is 0 Å². The van der Waals surface area contributed by atoms with Gasteiger partial charge in [0.25, 0.3) is 0 Å². The third-order valence-corrected chi connectivity index (χ3v) is 4.29. The minimum atomic E-state index is 0.222. The summed E-state index contributed by atoms with van der Waals surface area (Å²) in [7, 11) is 0. The molecular weight excluding hydrogens is 322 g/mol. The number of halogens is 2. The summed E-state index contributed by atoms with van der Waals surface area (Å²) in [5, 5.41) is 0.674. The normalized spacial score (nSPS) is 15.3. The lowest BCUT2D eigenvalue weighted by Crippen LogP contribution is -1.99. The third kappa shape index (κ3) is 3.18. The summed E-state index contributed by atoms with van der Waals surface area (Å²) in [5.74, 6) is 1.04. The van der Waals surface area contributed by atoms with Gasteiger partial charge in [0.15, 0.2) is 5.78 Å². The summed E-state index contributed by atoms with van der Waals surface area (Å²) < 4.78 is 0.994. The van der Waals surface area contributed by atoms with E-state index in [4.69, 9.17) is 11.6 Å². The van der Waals surface area contributed by atoms with Gasteiger partial charge in [-0.05, 0) is 47.1 Å². The smallest absolute Gasteiger partial charge is 0.162 e. The van der Waals surface area contributed by atoms with Crippen molar-refractivity contribution in [3.8, 4) is 0 Å². The highest BCUT2D eigenvalue weighted by Crippen LogP contribution is 2.34. The summed E-state index contributed by atoms with van der Waals surface area (Å²) in [4.78, 5) is 11.8. The van der Waals surface area contributed by atoms with Gasteiger partial charge in [-0.25, -0.2) is 0 Å². The average molecular weight is 335 g/mol. The van der Waals surface area contributed by atoms with Crippen LogP contribution in [0.5, 0.6) is 0 Å². The number of hydrogen-bond acceptors (Lipinski definition) is 1. The fourth-order valence-corrected chi connectivity index (χ4v) is 2.07. The Morgan fingerprint density at radius 3 is 2.80 bits per heavy atom. The molecule has 1 nitrogen and oxygen atoms in total. The molecule has 0 bridgehead atoms. The van der Waals surface area contributed by atoms with Crippen LogP contribution in [0, 0.1) is 9.49 Å². The molecule has 0 aliphatic heterocycles. The van der Waals surface area contributed by atoms with Gasteiger partial charge in [-0.15, -0.1) is 0 Å². The van der Waals surface area contributed by atoms with Gasteiger partial charge in [0.1, 0.15) is 0 Å². The van der Waals surface area contributed by atoms with Crippen LogP contribution in [0.4, 0.5) is 0 Å². The third-order valence-electron chi connectivity index (χ3n) is 2.72. The molecule has 1 saturated carbocycles. The fourth-order valence-electron chi connectivity index (χ4n) is 1.56. The summed E-state index contributed by atoms with van der Waals surface area (Å²) in [6, 6.07) is 5.54. The first-order valence-corrected chi connectivity index (χ1v) is 6.61. The summed E-state index contributed by atoms with van der Waals surface area (Å²) >= 11 is 8.14. The molecule has 0 radical (unpaired) electrons. The van der Waals surface area contributed by atoms with Gasteiger partial charge < -0.3 is 0 Å². The van der Waals surface area contributed by atoms with Crippen molar-refractivity contribution in [1.29, 1.82) is 0 Å². The topological polar surface area (TPSA) is 17.1 Å². The Labute approximate surface area is 108 Å². The molecule has 0 amide bonds. The molecule has 0 heterocycles. The molecule has 3 heteroatoms. The molecule has 1 aromatic rings. The maximum atomic E-state index is 11.8. The van der Waals surface area contributed by atoms with Crippen LogP contribution in [0.3, 0.4) is 0 Å². The SMILES string of the molecule is O=C(CCC1CC1)c1ccc(I)c(Cl)c1. The van der Waals surface area contributed by atoms with Gasteiger partial charge in [0.05, 0.1) is 5.02 Å². The van der Waals surface area contributed by atoms with Gasteiger partial charge in [-0.1, -0.05) is 30.5 Å². The van der Waals surface area contributed by atoms with Crippen molar-refractivity contribution in [3.05, 3.63) is 32.4 Å². The molecule has 0 saturated heterocycles. The lowest BCUT2D eigenvalue weighted by molar-refractivity contribution is 0.0978. The number of ketones is 1. The fraction of sp³-hybridized carbons (Fsp3) is 0.417. The Balaban J connectivity index is 2.00. The van der Waals surface area contributed by atoms with Crippen molar-refractivity contribution >= 4 is 40.0 Å². The van der Waals surface area contributed by atoms with Crippen molar-refractivity contribution in [2.24, 2.45) is 5.92 Å². The second-order valence-corrected chi connectivity index (χ2v) is 5.60. The van der Waals surface area contributed by atoms with E-state index in [1.807, 2.05) is 12.1 Å². The van der Waals surface area contributed by atoms with Crippen LogP contribution in [0.15, 0.2) is 18.2 Å². The summed E-state index contributed by atoms with van der Waals surface area (Å²) in [5.41, 5.74) is 0.751. The lowest BCUT2D eigenvalue weighted by atomic mass is 10.1. The number of carbonyl (C=O) groups is 1. The van der Waals surface area contributed by atoms with E-state index >= 15 is 0 Å². The van der Waals surface area contributed by atoms with Gasteiger partial charge in [0.2, 0.25) is 0 Å². The van der Waals surface area contributed by atoms with E-state index in [9.17, 15) is 4.79 Å². The van der Waals surface area contributed by atoms with Crippen molar-refractivity contribution in [3.63, 3.8) is 0 Å². The highest BCUT2D eigenvalue weighted by atomic mass is 127. The van der Waals surface area contributed by atoms with Crippen molar-refractivity contribution in [1.82, 2.24) is 0 Å². The Morgan fingerprint density at radius 2 is 2.20 bits per heavy atom. The summed E-state index contributed by atoms with van der Waals surface area (Å²) in [6.07, 6.45) is 4.32. The zero-order valence-electron chi connectivity index (χ0n) is 8.30. The number of Topliss-reactive ketones (excluding diaryl/α,β-unsaturated/α-hetero) is 1. The zero-order chi connectivity index (χ0) is 10.8. The molecule has 2 rings (SSSR count).